The second kappa shape index (κ2) is 7.40. The van der Waals surface area contributed by atoms with Crippen LogP contribution < -0.4 is 4.74 Å². The summed E-state index contributed by atoms with van der Waals surface area (Å²) in [4.78, 5) is 12.2. The summed E-state index contributed by atoms with van der Waals surface area (Å²) in [5, 5.41) is 8.59. The number of aliphatic carboxylic acids is 1. The second-order valence-electron chi connectivity index (χ2n) is 4.01. The molecule has 4 nitrogen and oxygen atoms in total. The Hall–Kier alpha value is -1.21. The van der Waals surface area contributed by atoms with Crippen LogP contribution in [-0.4, -0.2) is 36.2 Å². The molecule has 1 rings (SSSR count). The third kappa shape index (κ3) is 5.98. The molecule has 1 aromatic carbocycles. The molecule has 19 heavy (non-hydrogen) atoms. The average Bonchev–Trinajstić information content (AvgIpc) is 2.29. The van der Waals surface area contributed by atoms with Crippen molar-refractivity contribution in [2.45, 2.75) is 19.6 Å². The van der Waals surface area contributed by atoms with E-state index in [2.05, 4.69) is 20.7 Å². The Morgan fingerprint density at radius 1 is 1.53 bits per heavy atom. The zero-order chi connectivity index (χ0) is 14.4. The topological polar surface area (TPSA) is 49.8 Å². The summed E-state index contributed by atoms with van der Waals surface area (Å²) in [5.41, 5.74) is 0.572. The molecule has 106 valence electrons. The first kappa shape index (κ1) is 15.8. The van der Waals surface area contributed by atoms with Gasteiger partial charge in [-0.2, -0.15) is 8.78 Å². The van der Waals surface area contributed by atoms with E-state index in [-0.39, 0.29) is 12.2 Å². The van der Waals surface area contributed by atoms with Gasteiger partial charge in [-0.3, -0.25) is 4.79 Å². The zero-order valence-electron chi connectivity index (χ0n) is 10.3. The van der Waals surface area contributed by atoms with E-state index in [1.54, 1.807) is 24.1 Å². The maximum Gasteiger partial charge on any atom is 0.387 e. The Balaban J connectivity index is 2.74. The van der Waals surface area contributed by atoms with Gasteiger partial charge < -0.3 is 14.7 Å². The second-order valence-corrected chi connectivity index (χ2v) is 4.93. The maximum atomic E-state index is 12.3. The minimum Gasteiger partial charge on any atom is -0.481 e. The third-order valence-electron chi connectivity index (χ3n) is 2.39. The van der Waals surface area contributed by atoms with Crippen molar-refractivity contribution in [3.8, 4) is 5.75 Å². The molecule has 0 fully saturated rings. The van der Waals surface area contributed by atoms with E-state index in [0.29, 0.717) is 18.7 Å². The van der Waals surface area contributed by atoms with Crippen molar-refractivity contribution < 1.29 is 23.4 Å². The lowest BCUT2D eigenvalue weighted by molar-refractivity contribution is -0.137. The van der Waals surface area contributed by atoms with Gasteiger partial charge in [0.2, 0.25) is 0 Å². The first-order valence-corrected chi connectivity index (χ1v) is 6.31. The maximum absolute atomic E-state index is 12.3. The van der Waals surface area contributed by atoms with Gasteiger partial charge in [-0.1, -0.05) is 15.9 Å². The fourth-order valence-corrected chi connectivity index (χ4v) is 1.95. The molecule has 0 heterocycles. The molecule has 0 amide bonds. The molecular formula is C12H14BrF2NO3. The summed E-state index contributed by atoms with van der Waals surface area (Å²) in [6.45, 7) is -2.23. The van der Waals surface area contributed by atoms with E-state index >= 15 is 0 Å². The molecule has 0 aromatic heterocycles. The van der Waals surface area contributed by atoms with Crippen LogP contribution >= 0.6 is 15.9 Å². The highest BCUT2D eigenvalue weighted by molar-refractivity contribution is 9.10. The smallest absolute Gasteiger partial charge is 0.387 e. The van der Waals surface area contributed by atoms with Gasteiger partial charge in [0, 0.05) is 23.1 Å². The van der Waals surface area contributed by atoms with E-state index in [1.165, 1.54) is 6.07 Å². The number of carbonyl (C=O) groups is 1. The van der Waals surface area contributed by atoms with Crippen LogP contribution in [0, 0.1) is 0 Å². The van der Waals surface area contributed by atoms with Crippen molar-refractivity contribution in [2.75, 3.05) is 13.6 Å². The van der Waals surface area contributed by atoms with E-state index in [1.807, 2.05) is 0 Å². The lowest BCUT2D eigenvalue weighted by Gasteiger charge is -2.18. The highest BCUT2D eigenvalue weighted by Crippen LogP contribution is 2.25. The molecule has 0 saturated heterocycles. The molecule has 0 unspecified atom stereocenters. The minimum atomic E-state index is -2.88. The summed E-state index contributed by atoms with van der Waals surface area (Å²) in [6.07, 6.45) is -0.00442. The number of carboxylic acids is 1. The Morgan fingerprint density at radius 2 is 2.21 bits per heavy atom. The first-order chi connectivity index (χ1) is 8.88. The van der Waals surface area contributed by atoms with Crippen molar-refractivity contribution in [2.24, 2.45) is 0 Å². The number of nitrogens with zero attached hydrogens (tertiary/aromatic N) is 1. The molecule has 0 bridgehead atoms. The number of hydrogen-bond donors (Lipinski definition) is 1. The molecule has 1 N–H and O–H groups in total. The summed E-state index contributed by atoms with van der Waals surface area (Å²) >= 11 is 3.26. The van der Waals surface area contributed by atoms with Crippen LogP contribution in [0.15, 0.2) is 22.7 Å². The molecule has 0 atom stereocenters. The fraction of sp³-hybridized carbons (Fsp3) is 0.417. The van der Waals surface area contributed by atoms with Crippen molar-refractivity contribution >= 4 is 21.9 Å². The molecule has 7 heteroatoms. The van der Waals surface area contributed by atoms with Gasteiger partial charge in [-0.15, -0.1) is 0 Å². The van der Waals surface area contributed by atoms with Crippen LogP contribution in [0.4, 0.5) is 8.78 Å². The van der Waals surface area contributed by atoms with E-state index in [4.69, 9.17) is 5.11 Å². The number of benzene rings is 1. The van der Waals surface area contributed by atoms with Crippen LogP contribution in [0.5, 0.6) is 5.75 Å². The largest absolute Gasteiger partial charge is 0.481 e. The monoisotopic (exact) mass is 337 g/mol. The summed E-state index contributed by atoms with van der Waals surface area (Å²) in [5.74, 6) is -0.800. The Kier molecular flexibility index (Phi) is 6.17. The number of hydrogen-bond acceptors (Lipinski definition) is 3. The minimum absolute atomic E-state index is 0.00442. The number of ether oxygens (including phenoxy) is 1. The molecule has 0 spiro atoms. The average molecular weight is 338 g/mol. The number of halogens is 3. The van der Waals surface area contributed by atoms with Gasteiger partial charge in [-0.25, -0.2) is 0 Å². The number of rotatable bonds is 7. The van der Waals surface area contributed by atoms with Crippen LogP contribution in [-0.2, 0) is 11.3 Å². The lowest BCUT2D eigenvalue weighted by Crippen LogP contribution is -2.22. The molecule has 1 aromatic rings. The van der Waals surface area contributed by atoms with Crippen LogP contribution in [0.25, 0.3) is 0 Å². The predicted molar refractivity (Wildman–Crippen MR) is 69.4 cm³/mol. The van der Waals surface area contributed by atoms with Crippen molar-refractivity contribution in [3.05, 3.63) is 28.2 Å². The van der Waals surface area contributed by atoms with Gasteiger partial charge in [0.1, 0.15) is 5.75 Å². The molecule has 0 radical (unpaired) electrons. The van der Waals surface area contributed by atoms with Crippen LogP contribution in [0.2, 0.25) is 0 Å². The van der Waals surface area contributed by atoms with E-state index in [0.717, 1.165) is 4.47 Å². The Labute approximate surface area is 118 Å². The van der Waals surface area contributed by atoms with Gasteiger partial charge in [0.25, 0.3) is 0 Å². The van der Waals surface area contributed by atoms with Crippen LogP contribution in [0.1, 0.15) is 12.0 Å². The number of carboxylic acid groups (broad SMARTS) is 1. The zero-order valence-corrected chi connectivity index (χ0v) is 11.9. The van der Waals surface area contributed by atoms with Crippen molar-refractivity contribution in [1.29, 1.82) is 0 Å². The SMILES string of the molecule is CN(CCC(=O)O)Cc1cc(Br)ccc1OC(F)F. The standard InChI is InChI=1S/C12H14BrF2NO3/c1-16(5-4-11(17)18)7-8-6-9(13)2-3-10(8)19-12(14)15/h2-3,6,12H,4-5,7H2,1H3,(H,17,18). The third-order valence-corrected chi connectivity index (χ3v) is 2.88. The summed E-state index contributed by atoms with van der Waals surface area (Å²) < 4.78 is 29.7. The Bertz CT molecular complexity index is 443. The van der Waals surface area contributed by atoms with Gasteiger partial charge in [0.15, 0.2) is 0 Å². The predicted octanol–water partition coefficient (Wildman–Crippen LogP) is 2.96. The lowest BCUT2D eigenvalue weighted by atomic mass is 10.2. The quantitative estimate of drug-likeness (QED) is 0.831. The fourth-order valence-electron chi connectivity index (χ4n) is 1.54. The number of alkyl halides is 2. The van der Waals surface area contributed by atoms with Gasteiger partial charge in [-0.05, 0) is 25.2 Å². The molecule has 0 aliphatic heterocycles. The van der Waals surface area contributed by atoms with Gasteiger partial charge >= 0.3 is 12.6 Å². The van der Waals surface area contributed by atoms with Crippen molar-refractivity contribution in [3.63, 3.8) is 0 Å². The van der Waals surface area contributed by atoms with E-state index in [9.17, 15) is 13.6 Å². The molecular weight excluding hydrogens is 324 g/mol. The first-order valence-electron chi connectivity index (χ1n) is 5.52. The molecule has 0 aliphatic rings. The summed E-state index contributed by atoms with van der Waals surface area (Å²) in [6, 6.07) is 4.74. The summed E-state index contributed by atoms with van der Waals surface area (Å²) in [7, 11) is 1.72. The highest BCUT2D eigenvalue weighted by atomic mass is 79.9. The molecule has 0 saturated carbocycles. The van der Waals surface area contributed by atoms with Gasteiger partial charge in [0.05, 0.1) is 6.42 Å². The van der Waals surface area contributed by atoms with Crippen LogP contribution in [0.3, 0.4) is 0 Å². The van der Waals surface area contributed by atoms with Crippen molar-refractivity contribution in [1.82, 2.24) is 4.90 Å². The highest BCUT2D eigenvalue weighted by Gasteiger charge is 2.12. The molecule has 0 aliphatic carbocycles. The Morgan fingerprint density at radius 3 is 2.79 bits per heavy atom. The normalized spacial score (nSPS) is 11.1. The van der Waals surface area contributed by atoms with E-state index < -0.39 is 12.6 Å².